The predicted octanol–water partition coefficient (Wildman–Crippen LogP) is 1.09. The van der Waals surface area contributed by atoms with Gasteiger partial charge in [0.2, 0.25) is 0 Å². The molecule has 0 bridgehead atoms. The Morgan fingerprint density at radius 3 is 2.89 bits per heavy atom. The fourth-order valence-corrected chi connectivity index (χ4v) is 1.72. The van der Waals surface area contributed by atoms with Gasteiger partial charge in [-0.3, -0.25) is 4.79 Å². The summed E-state index contributed by atoms with van der Waals surface area (Å²) in [5.74, 6) is 1.67. The van der Waals surface area contributed by atoms with Gasteiger partial charge in [0, 0.05) is 12.1 Å². The molecule has 1 amide bonds. The monoisotopic (exact) mass is 265 g/mol. The fraction of sp³-hybridized carbons (Fsp3) is 0.500. The lowest BCUT2D eigenvalue weighted by atomic mass is 10.2. The summed E-state index contributed by atoms with van der Waals surface area (Å²) >= 11 is 0. The largest absolute Gasteiger partial charge is 0.497 e. The van der Waals surface area contributed by atoms with Crippen LogP contribution in [0.3, 0.4) is 0 Å². The van der Waals surface area contributed by atoms with Crippen LogP contribution < -0.4 is 14.8 Å². The highest BCUT2D eigenvalue weighted by atomic mass is 16.5. The number of hydrogen-bond donors (Lipinski definition) is 2. The first kappa shape index (κ1) is 13.7. The second-order valence-electron chi connectivity index (χ2n) is 4.67. The Morgan fingerprint density at radius 2 is 2.26 bits per heavy atom. The highest BCUT2D eigenvalue weighted by Gasteiger charge is 2.21. The van der Waals surface area contributed by atoms with E-state index in [2.05, 4.69) is 5.32 Å². The third-order valence-electron chi connectivity index (χ3n) is 3.08. The summed E-state index contributed by atoms with van der Waals surface area (Å²) < 4.78 is 10.5. The Balaban J connectivity index is 1.85. The molecule has 1 fully saturated rings. The normalized spacial score (nSPS) is 14.0. The summed E-state index contributed by atoms with van der Waals surface area (Å²) in [7, 11) is 1.56. The van der Waals surface area contributed by atoms with Gasteiger partial charge in [-0.25, -0.2) is 0 Å². The van der Waals surface area contributed by atoms with Gasteiger partial charge in [-0.15, -0.1) is 0 Å². The third-order valence-corrected chi connectivity index (χ3v) is 3.08. The van der Waals surface area contributed by atoms with E-state index in [1.54, 1.807) is 25.3 Å². The van der Waals surface area contributed by atoms with Crippen LogP contribution in [0.1, 0.15) is 18.4 Å². The Labute approximate surface area is 112 Å². The molecule has 0 aliphatic heterocycles. The van der Waals surface area contributed by atoms with Crippen LogP contribution in [-0.2, 0) is 11.4 Å². The fourth-order valence-electron chi connectivity index (χ4n) is 1.72. The zero-order valence-electron chi connectivity index (χ0n) is 11.0. The molecule has 2 N–H and O–H groups in total. The van der Waals surface area contributed by atoms with Gasteiger partial charge >= 0.3 is 0 Å². The lowest BCUT2D eigenvalue weighted by molar-refractivity contribution is -0.123. The van der Waals surface area contributed by atoms with Crippen molar-refractivity contribution in [3.8, 4) is 11.5 Å². The van der Waals surface area contributed by atoms with Gasteiger partial charge < -0.3 is 19.9 Å². The molecule has 104 valence electrons. The van der Waals surface area contributed by atoms with E-state index in [1.807, 2.05) is 0 Å². The molecule has 0 unspecified atom stereocenters. The molecule has 0 radical (unpaired) electrons. The van der Waals surface area contributed by atoms with E-state index in [9.17, 15) is 9.90 Å². The average Bonchev–Trinajstić information content (AvgIpc) is 3.26. The molecule has 0 heterocycles. The molecule has 1 aliphatic carbocycles. The van der Waals surface area contributed by atoms with Crippen LogP contribution in [0.5, 0.6) is 11.5 Å². The minimum atomic E-state index is -0.157. The van der Waals surface area contributed by atoms with Gasteiger partial charge in [-0.05, 0) is 37.0 Å². The molecule has 5 nitrogen and oxygen atoms in total. The first-order chi connectivity index (χ1) is 9.22. The van der Waals surface area contributed by atoms with E-state index < -0.39 is 0 Å². The van der Waals surface area contributed by atoms with Crippen LogP contribution in [0.25, 0.3) is 0 Å². The zero-order valence-corrected chi connectivity index (χ0v) is 11.0. The van der Waals surface area contributed by atoms with E-state index in [-0.39, 0.29) is 19.1 Å². The van der Waals surface area contributed by atoms with Gasteiger partial charge in [0.15, 0.2) is 6.61 Å². The molecule has 1 saturated carbocycles. The molecule has 0 saturated heterocycles. The van der Waals surface area contributed by atoms with Crippen molar-refractivity contribution in [2.45, 2.75) is 19.4 Å². The number of rotatable bonds is 7. The standard InChI is InChI=1S/C14H19NO4/c1-18-12-4-5-13(11(6-12)8-16)19-9-14(17)15-7-10-2-3-10/h4-6,10,16H,2-3,7-9H2,1H3,(H,15,17). The third kappa shape index (κ3) is 4.13. The Kier molecular flexibility index (Phi) is 4.63. The van der Waals surface area contributed by atoms with Crippen LogP contribution >= 0.6 is 0 Å². The van der Waals surface area contributed by atoms with E-state index in [0.717, 1.165) is 6.54 Å². The summed E-state index contributed by atoms with van der Waals surface area (Å²) in [6.07, 6.45) is 2.41. The van der Waals surface area contributed by atoms with Gasteiger partial charge in [0.1, 0.15) is 11.5 Å². The zero-order chi connectivity index (χ0) is 13.7. The molecular weight excluding hydrogens is 246 g/mol. The first-order valence-electron chi connectivity index (χ1n) is 6.40. The molecule has 0 atom stereocenters. The van der Waals surface area contributed by atoms with Crippen LogP contribution in [0.2, 0.25) is 0 Å². The van der Waals surface area contributed by atoms with Crippen molar-refractivity contribution in [3.63, 3.8) is 0 Å². The van der Waals surface area contributed by atoms with Crippen molar-refractivity contribution in [1.29, 1.82) is 0 Å². The number of aliphatic hydroxyl groups is 1. The smallest absolute Gasteiger partial charge is 0.257 e. The van der Waals surface area contributed by atoms with Crippen molar-refractivity contribution in [2.24, 2.45) is 5.92 Å². The number of amides is 1. The van der Waals surface area contributed by atoms with Gasteiger partial charge in [0.05, 0.1) is 13.7 Å². The minimum absolute atomic E-state index is 0.0357. The number of benzene rings is 1. The Hall–Kier alpha value is -1.75. The van der Waals surface area contributed by atoms with Crippen molar-refractivity contribution in [1.82, 2.24) is 5.32 Å². The van der Waals surface area contributed by atoms with E-state index in [1.165, 1.54) is 12.8 Å². The number of nitrogens with one attached hydrogen (secondary N) is 1. The van der Waals surface area contributed by atoms with E-state index in [0.29, 0.717) is 23.0 Å². The second kappa shape index (κ2) is 6.43. The molecule has 1 aromatic carbocycles. The van der Waals surface area contributed by atoms with Crippen LogP contribution in [0.15, 0.2) is 18.2 Å². The maximum atomic E-state index is 11.5. The Morgan fingerprint density at radius 1 is 1.47 bits per heavy atom. The molecule has 0 aromatic heterocycles. The number of hydrogen-bond acceptors (Lipinski definition) is 4. The molecule has 1 aromatic rings. The van der Waals surface area contributed by atoms with Crippen molar-refractivity contribution < 1.29 is 19.4 Å². The molecule has 19 heavy (non-hydrogen) atoms. The molecule has 0 spiro atoms. The summed E-state index contributed by atoms with van der Waals surface area (Å²) in [6.45, 7) is 0.542. The summed E-state index contributed by atoms with van der Waals surface area (Å²) in [4.78, 5) is 11.5. The molecule has 2 rings (SSSR count). The van der Waals surface area contributed by atoms with Crippen LogP contribution in [-0.4, -0.2) is 31.3 Å². The van der Waals surface area contributed by atoms with E-state index >= 15 is 0 Å². The maximum absolute atomic E-state index is 11.5. The van der Waals surface area contributed by atoms with Crippen molar-refractivity contribution in [3.05, 3.63) is 23.8 Å². The van der Waals surface area contributed by atoms with Crippen molar-refractivity contribution >= 4 is 5.91 Å². The van der Waals surface area contributed by atoms with Crippen LogP contribution in [0, 0.1) is 5.92 Å². The van der Waals surface area contributed by atoms with Gasteiger partial charge in [-0.1, -0.05) is 0 Å². The molecule has 5 heteroatoms. The summed E-state index contributed by atoms with van der Waals surface area (Å²) in [5, 5.41) is 12.1. The van der Waals surface area contributed by atoms with Crippen molar-refractivity contribution in [2.75, 3.05) is 20.3 Å². The van der Waals surface area contributed by atoms with Crippen LogP contribution in [0.4, 0.5) is 0 Å². The minimum Gasteiger partial charge on any atom is -0.497 e. The maximum Gasteiger partial charge on any atom is 0.257 e. The molecular formula is C14H19NO4. The highest BCUT2D eigenvalue weighted by molar-refractivity contribution is 5.77. The predicted molar refractivity (Wildman–Crippen MR) is 70.1 cm³/mol. The number of aliphatic hydroxyl groups excluding tert-OH is 1. The average molecular weight is 265 g/mol. The summed E-state index contributed by atoms with van der Waals surface area (Å²) in [5.41, 5.74) is 0.606. The number of methoxy groups -OCH3 is 1. The van der Waals surface area contributed by atoms with E-state index in [4.69, 9.17) is 9.47 Å². The lowest BCUT2D eigenvalue weighted by Crippen LogP contribution is -2.30. The van der Waals surface area contributed by atoms with Gasteiger partial charge in [-0.2, -0.15) is 0 Å². The number of carbonyl (C=O) groups is 1. The lowest BCUT2D eigenvalue weighted by Gasteiger charge is -2.11. The highest BCUT2D eigenvalue weighted by Crippen LogP contribution is 2.27. The second-order valence-corrected chi connectivity index (χ2v) is 4.67. The Bertz CT molecular complexity index is 443. The van der Waals surface area contributed by atoms with Gasteiger partial charge in [0.25, 0.3) is 5.91 Å². The number of carbonyl (C=O) groups excluding carboxylic acids is 1. The summed E-state index contributed by atoms with van der Waals surface area (Å²) in [6, 6.07) is 5.12. The number of ether oxygens (including phenoxy) is 2. The first-order valence-corrected chi connectivity index (χ1v) is 6.40. The quantitative estimate of drug-likeness (QED) is 0.774. The molecule has 1 aliphatic rings. The SMILES string of the molecule is COc1ccc(OCC(=O)NCC2CC2)c(CO)c1. The topological polar surface area (TPSA) is 67.8 Å².